The number of aryl methyl sites for hydroxylation is 1. The van der Waals surface area contributed by atoms with Crippen molar-refractivity contribution in [1.82, 2.24) is 0 Å². The average molecular weight is 234 g/mol. The monoisotopic (exact) mass is 233 g/mol. The Labute approximate surface area is 79.7 Å². The second-order valence-corrected chi connectivity index (χ2v) is 4.66. The molecule has 0 aromatic carbocycles. The van der Waals surface area contributed by atoms with Crippen molar-refractivity contribution in [3.63, 3.8) is 0 Å². The molecule has 0 spiro atoms. The molecule has 1 nitrogen and oxygen atoms in total. The van der Waals surface area contributed by atoms with Crippen molar-refractivity contribution in [3.05, 3.63) is 20.8 Å². The summed E-state index contributed by atoms with van der Waals surface area (Å²) in [5.41, 5.74) is 5.64. The van der Waals surface area contributed by atoms with Gasteiger partial charge in [-0.15, -0.1) is 11.3 Å². The molecule has 1 rings (SSSR count). The predicted octanol–water partition coefficient (Wildman–Crippen LogP) is 2.79. The topological polar surface area (TPSA) is 26.0 Å². The zero-order valence-electron chi connectivity index (χ0n) is 6.51. The second-order valence-electron chi connectivity index (χ2n) is 2.75. The minimum atomic E-state index is 0.316. The molecular weight excluding hydrogens is 222 g/mol. The van der Waals surface area contributed by atoms with Crippen molar-refractivity contribution in [2.24, 2.45) is 5.73 Å². The van der Waals surface area contributed by atoms with Crippen LogP contribution in [0.1, 0.15) is 18.2 Å². The number of hydrogen-bond donors (Lipinski definition) is 1. The van der Waals surface area contributed by atoms with Crippen molar-refractivity contribution < 1.29 is 0 Å². The third kappa shape index (κ3) is 3.36. The normalized spacial score (nSPS) is 13.4. The first kappa shape index (κ1) is 9.23. The van der Waals surface area contributed by atoms with Crippen LogP contribution < -0.4 is 5.73 Å². The van der Waals surface area contributed by atoms with Gasteiger partial charge >= 0.3 is 0 Å². The molecule has 0 fully saturated rings. The van der Waals surface area contributed by atoms with E-state index in [1.54, 1.807) is 11.3 Å². The summed E-state index contributed by atoms with van der Waals surface area (Å²) in [6.45, 7) is 2.04. The Morgan fingerprint density at radius 2 is 2.45 bits per heavy atom. The van der Waals surface area contributed by atoms with Crippen molar-refractivity contribution in [2.45, 2.75) is 25.8 Å². The van der Waals surface area contributed by atoms with E-state index in [9.17, 15) is 0 Å². The lowest BCUT2D eigenvalue weighted by atomic mass is 10.2. The molecule has 0 unspecified atom stereocenters. The van der Waals surface area contributed by atoms with E-state index in [0.717, 1.165) is 12.8 Å². The first-order valence-electron chi connectivity index (χ1n) is 3.67. The number of nitrogens with two attached hydrogens (primary N) is 1. The Morgan fingerprint density at radius 3 is 2.91 bits per heavy atom. The Morgan fingerprint density at radius 1 is 1.73 bits per heavy atom. The van der Waals surface area contributed by atoms with Crippen LogP contribution in [0.2, 0.25) is 0 Å². The SMILES string of the molecule is C[C@H](N)CCc1cc(Br)cs1. The highest BCUT2D eigenvalue weighted by molar-refractivity contribution is 9.10. The van der Waals surface area contributed by atoms with Gasteiger partial charge in [0, 0.05) is 20.8 Å². The largest absolute Gasteiger partial charge is 0.328 e. The van der Waals surface area contributed by atoms with Gasteiger partial charge in [-0.25, -0.2) is 0 Å². The van der Waals surface area contributed by atoms with Crippen LogP contribution in [0, 0.1) is 0 Å². The Balaban J connectivity index is 2.39. The van der Waals surface area contributed by atoms with Gasteiger partial charge in [0.15, 0.2) is 0 Å². The third-order valence-electron chi connectivity index (χ3n) is 1.47. The maximum Gasteiger partial charge on any atom is 0.0285 e. The molecular formula is C8H12BrNS. The third-order valence-corrected chi connectivity index (χ3v) is 3.23. The number of thiophene rings is 1. The highest BCUT2D eigenvalue weighted by Crippen LogP contribution is 2.20. The van der Waals surface area contributed by atoms with Crippen molar-refractivity contribution in [3.8, 4) is 0 Å². The van der Waals surface area contributed by atoms with Crippen LogP contribution in [0.5, 0.6) is 0 Å². The van der Waals surface area contributed by atoms with Crippen LogP contribution >= 0.6 is 27.3 Å². The second kappa shape index (κ2) is 4.24. The minimum Gasteiger partial charge on any atom is -0.328 e. The zero-order chi connectivity index (χ0) is 8.27. The minimum absolute atomic E-state index is 0.316. The van der Waals surface area contributed by atoms with Gasteiger partial charge in [-0.2, -0.15) is 0 Å². The van der Waals surface area contributed by atoms with Crippen LogP contribution in [0.25, 0.3) is 0 Å². The van der Waals surface area contributed by atoms with Crippen LogP contribution in [0.4, 0.5) is 0 Å². The molecule has 62 valence electrons. The van der Waals surface area contributed by atoms with Crippen LogP contribution in [0.3, 0.4) is 0 Å². The lowest BCUT2D eigenvalue weighted by molar-refractivity contribution is 0.670. The molecule has 1 heterocycles. The molecule has 0 bridgehead atoms. The average Bonchev–Trinajstić information content (AvgIpc) is 2.31. The highest BCUT2D eigenvalue weighted by atomic mass is 79.9. The van der Waals surface area contributed by atoms with E-state index in [4.69, 9.17) is 5.73 Å². The fraction of sp³-hybridized carbons (Fsp3) is 0.500. The molecule has 0 aliphatic rings. The Bertz CT molecular complexity index is 220. The van der Waals surface area contributed by atoms with Crippen LogP contribution in [0.15, 0.2) is 15.9 Å². The van der Waals surface area contributed by atoms with Gasteiger partial charge in [-0.3, -0.25) is 0 Å². The van der Waals surface area contributed by atoms with E-state index in [1.807, 2.05) is 6.92 Å². The van der Waals surface area contributed by atoms with E-state index >= 15 is 0 Å². The molecule has 0 saturated heterocycles. The summed E-state index contributed by atoms with van der Waals surface area (Å²) >= 11 is 5.21. The lowest BCUT2D eigenvalue weighted by Crippen LogP contribution is -2.14. The number of hydrogen-bond acceptors (Lipinski definition) is 2. The molecule has 1 aromatic rings. The summed E-state index contributed by atoms with van der Waals surface area (Å²) in [5.74, 6) is 0. The van der Waals surface area contributed by atoms with E-state index in [0.29, 0.717) is 6.04 Å². The number of halogens is 1. The van der Waals surface area contributed by atoms with E-state index in [2.05, 4.69) is 27.4 Å². The van der Waals surface area contributed by atoms with Gasteiger partial charge < -0.3 is 5.73 Å². The fourth-order valence-electron chi connectivity index (χ4n) is 0.855. The maximum absolute atomic E-state index is 5.64. The van der Waals surface area contributed by atoms with E-state index in [1.165, 1.54) is 9.35 Å². The zero-order valence-corrected chi connectivity index (χ0v) is 8.91. The van der Waals surface area contributed by atoms with Crippen molar-refractivity contribution >= 4 is 27.3 Å². The van der Waals surface area contributed by atoms with Gasteiger partial charge in [0.2, 0.25) is 0 Å². The summed E-state index contributed by atoms with van der Waals surface area (Å²) in [5, 5.41) is 2.11. The molecule has 0 amide bonds. The molecule has 3 heteroatoms. The maximum atomic E-state index is 5.64. The molecule has 11 heavy (non-hydrogen) atoms. The van der Waals surface area contributed by atoms with Crippen LogP contribution in [-0.2, 0) is 6.42 Å². The molecule has 0 saturated carbocycles. The van der Waals surface area contributed by atoms with Crippen molar-refractivity contribution in [1.29, 1.82) is 0 Å². The van der Waals surface area contributed by atoms with E-state index < -0.39 is 0 Å². The molecule has 1 aromatic heterocycles. The molecule has 0 aliphatic carbocycles. The van der Waals surface area contributed by atoms with Crippen LogP contribution in [-0.4, -0.2) is 6.04 Å². The summed E-state index contributed by atoms with van der Waals surface area (Å²) in [6.07, 6.45) is 2.18. The van der Waals surface area contributed by atoms with Crippen molar-refractivity contribution in [2.75, 3.05) is 0 Å². The molecule has 2 N–H and O–H groups in total. The first-order chi connectivity index (χ1) is 5.18. The van der Waals surface area contributed by atoms with Gasteiger partial charge in [0.25, 0.3) is 0 Å². The van der Waals surface area contributed by atoms with Gasteiger partial charge in [0.1, 0.15) is 0 Å². The summed E-state index contributed by atoms with van der Waals surface area (Å²) in [4.78, 5) is 1.41. The Kier molecular flexibility index (Phi) is 3.55. The number of rotatable bonds is 3. The predicted molar refractivity (Wildman–Crippen MR) is 54.0 cm³/mol. The van der Waals surface area contributed by atoms with Gasteiger partial charge in [-0.1, -0.05) is 0 Å². The quantitative estimate of drug-likeness (QED) is 0.855. The molecule has 0 aliphatic heterocycles. The smallest absolute Gasteiger partial charge is 0.0285 e. The molecule has 0 radical (unpaired) electrons. The first-order valence-corrected chi connectivity index (χ1v) is 5.34. The standard InChI is InChI=1S/C8H12BrNS/c1-6(10)2-3-8-4-7(9)5-11-8/h4-6H,2-3,10H2,1H3/t6-/m0/s1. The fourth-order valence-corrected chi connectivity index (χ4v) is 2.33. The highest BCUT2D eigenvalue weighted by Gasteiger charge is 1.99. The summed E-state index contributed by atoms with van der Waals surface area (Å²) in [7, 11) is 0. The van der Waals surface area contributed by atoms with Gasteiger partial charge in [0.05, 0.1) is 0 Å². The van der Waals surface area contributed by atoms with E-state index in [-0.39, 0.29) is 0 Å². The van der Waals surface area contributed by atoms with Gasteiger partial charge in [-0.05, 0) is 41.8 Å². The summed E-state index contributed by atoms with van der Waals surface area (Å²) in [6, 6.07) is 2.48. The Hall–Kier alpha value is 0.140. The summed E-state index contributed by atoms with van der Waals surface area (Å²) < 4.78 is 1.18. The molecule has 1 atom stereocenters. The lowest BCUT2D eigenvalue weighted by Gasteiger charge is -2.01.